The molecule has 0 spiro atoms. The van der Waals surface area contributed by atoms with E-state index in [1.165, 1.54) is 0 Å². The minimum atomic E-state index is -0.525. The molecule has 2 rings (SSSR count). The molecular weight excluding hydrogens is 460 g/mol. The fourth-order valence-electron chi connectivity index (χ4n) is 2.58. The minimum Gasteiger partial charge on any atom is -0.456 e. The fourth-order valence-corrected chi connectivity index (χ4v) is 2.94. The van der Waals surface area contributed by atoms with Gasteiger partial charge in [0.2, 0.25) is 5.91 Å². The Kier molecular flexibility index (Phi) is 8.67. The summed E-state index contributed by atoms with van der Waals surface area (Å²) in [6.45, 7) is 3.48. The van der Waals surface area contributed by atoms with Gasteiger partial charge in [-0.25, -0.2) is 0 Å². The van der Waals surface area contributed by atoms with Crippen LogP contribution in [0.4, 0.5) is 11.4 Å². The topological polar surface area (TPSA) is 84.5 Å². The number of nitrogens with one attached hydrogen (secondary N) is 2. The number of carbonyl (C=O) groups excluding carboxylic acids is 3. The molecule has 0 saturated heterocycles. The second-order valence-electron chi connectivity index (χ2n) is 6.54. The number of ether oxygens (including phenoxy) is 1. The maximum atomic E-state index is 12.0. The van der Waals surface area contributed by atoms with Crippen LogP contribution in [0, 0.1) is 13.8 Å². The van der Waals surface area contributed by atoms with Gasteiger partial charge in [0.25, 0.3) is 5.91 Å². The molecule has 2 N–H and O–H groups in total. The molecule has 0 aliphatic rings. The lowest BCUT2D eigenvalue weighted by Gasteiger charge is -2.10. The first-order valence-electron chi connectivity index (χ1n) is 9.02. The Morgan fingerprint density at radius 1 is 0.931 bits per heavy atom. The Balaban J connectivity index is 1.66. The van der Waals surface area contributed by atoms with Crippen LogP contribution in [0.25, 0.3) is 0 Å². The summed E-state index contributed by atoms with van der Waals surface area (Å²) in [5.41, 5.74) is 3.27. The second-order valence-corrected chi connectivity index (χ2v) is 7.77. The van der Waals surface area contributed by atoms with Gasteiger partial charge in [-0.15, -0.1) is 0 Å². The number of carbonyl (C=O) groups is 3. The summed E-state index contributed by atoms with van der Waals surface area (Å²) in [5, 5.41) is 6.00. The van der Waals surface area contributed by atoms with E-state index in [4.69, 9.17) is 16.3 Å². The Bertz CT molecular complexity index is 877. The van der Waals surface area contributed by atoms with E-state index in [0.29, 0.717) is 22.8 Å². The largest absolute Gasteiger partial charge is 0.456 e. The van der Waals surface area contributed by atoms with Crippen LogP contribution in [-0.4, -0.2) is 24.4 Å². The van der Waals surface area contributed by atoms with Crippen molar-refractivity contribution < 1.29 is 19.1 Å². The molecule has 154 valence electrons. The van der Waals surface area contributed by atoms with Gasteiger partial charge in [0, 0.05) is 33.7 Å². The summed E-state index contributed by atoms with van der Waals surface area (Å²) in [7, 11) is 0. The van der Waals surface area contributed by atoms with Gasteiger partial charge in [-0.1, -0.05) is 27.5 Å². The van der Waals surface area contributed by atoms with Crippen LogP contribution in [0.5, 0.6) is 0 Å². The Labute approximate surface area is 183 Å². The number of hydrogen-bond donors (Lipinski definition) is 2. The van der Waals surface area contributed by atoms with Gasteiger partial charge in [-0.3, -0.25) is 14.4 Å². The van der Waals surface area contributed by atoms with Crippen LogP contribution < -0.4 is 10.6 Å². The number of benzene rings is 2. The van der Waals surface area contributed by atoms with Crippen LogP contribution in [0.3, 0.4) is 0 Å². The van der Waals surface area contributed by atoms with Crippen molar-refractivity contribution in [2.24, 2.45) is 0 Å². The summed E-state index contributed by atoms with van der Waals surface area (Å²) >= 11 is 9.26. The van der Waals surface area contributed by atoms with Crippen LogP contribution in [0.2, 0.25) is 5.02 Å². The zero-order valence-electron chi connectivity index (χ0n) is 16.2. The molecule has 0 aromatic heterocycles. The molecule has 0 aliphatic carbocycles. The number of anilines is 2. The molecule has 0 saturated carbocycles. The molecule has 0 heterocycles. The summed E-state index contributed by atoms with van der Waals surface area (Å²) in [6.07, 6.45) is 0.546. The summed E-state index contributed by atoms with van der Waals surface area (Å²) in [5.74, 6) is -1.15. The normalized spacial score (nSPS) is 10.3. The standard InChI is InChI=1S/C21H22BrClN2O4/c1-13-10-17(11-14(2)21(13)22)25-19(27)12-29-20(28)5-3-4-18(26)24-16-8-6-15(23)7-9-16/h6-11H,3-5,12H2,1-2H3,(H,24,26)(H,25,27). The van der Waals surface area contributed by atoms with Gasteiger partial charge in [0.15, 0.2) is 6.61 Å². The van der Waals surface area contributed by atoms with Crippen molar-refractivity contribution in [1.82, 2.24) is 0 Å². The van der Waals surface area contributed by atoms with Crippen LogP contribution in [0.15, 0.2) is 40.9 Å². The lowest BCUT2D eigenvalue weighted by molar-refractivity contribution is -0.147. The van der Waals surface area contributed by atoms with Crippen molar-refractivity contribution in [3.05, 3.63) is 57.0 Å². The fraction of sp³-hybridized carbons (Fsp3) is 0.286. The smallest absolute Gasteiger partial charge is 0.306 e. The minimum absolute atomic E-state index is 0.0534. The molecular formula is C21H22BrClN2O4. The Hall–Kier alpha value is -2.38. The van der Waals surface area contributed by atoms with Crippen molar-refractivity contribution in [2.45, 2.75) is 33.1 Å². The van der Waals surface area contributed by atoms with E-state index >= 15 is 0 Å². The van der Waals surface area contributed by atoms with E-state index in [1.807, 2.05) is 26.0 Å². The molecule has 0 aliphatic heterocycles. The highest BCUT2D eigenvalue weighted by atomic mass is 79.9. The van der Waals surface area contributed by atoms with Crippen LogP contribution >= 0.6 is 27.5 Å². The highest BCUT2D eigenvalue weighted by Crippen LogP contribution is 2.25. The number of aryl methyl sites for hydroxylation is 2. The van der Waals surface area contributed by atoms with E-state index in [-0.39, 0.29) is 25.4 Å². The first kappa shape index (κ1) is 22.9. The molecule has 8 heteroatoms. The molecule has 0 bridgehead atoms. The number of rotatable bonds is 8. The molecule has 2 aromatic rings. The average molecular weight is 482 g/mol. The molecule has 29 heavy (non-hydrogen) atoms. The number of halogens is 2. The Morgan fingerprint density at radius 2 is 1.52 bits per heavy atom. The van der Waals surface area contributed by atoms with Gasteiger partial charge < -0.3 is 15.4 Å². The van der Waals surface area contributed by atoms with E-state index in [0.717, 1.165) is 15.6 Å². The van der Waals surface area contributed by atoms with Gasteiger partial charge >= 0.3 is 5.97 Å². The quantitative estimate of drug-likeness (QED) is 0.519. The summed E-state index contributed by atoms with van der Waals surface area (Å²) < 4.78 is 5.95. The van der Waals surface area contributed by atoms with Crippen molar-refractivity contribution in [1.29, 1.82) is 0 Å². The molecule has 2 amide bonds. The van der Waals surface area contributed by atoms with Crippen molar-refractivity contribution >= 4 is 56.7 Å². The molecule has 0 atom stereocenters. The monoisotopic (exact) mass is 480 g/mol. The van der Waals surface area contributed by atoms with Gasteiger partial charge in [0.05, 0.1) is 0 Å². The highest BCUT2D eigenvalue weighted by Gasteiger charge is 2.11. The lowest BCUT2D eigenvalue weighted by Crippen LogP contribution is -2.21. The van der Waals surface area contributed by atoms with Gasteiger partial charge in [-0.2, -0.15) is 0 Å². The Morgan fingerprint density at radius 3 is 2.14 bits per heavy atom. The number of amides is 2. The zero-order chi connectivity index (χ0) is 21.4. The van der Waals surface area contributed by atoms with Crippen molar-refractivity contribution in [3.63, 3.8) is 0 Å². The third-order valence-corrected chi connectivity index (χ3v) is 5.50. The molecule has 6 nitrogen and oxygen atoms in total. The predicted molar refractivity (Wildman–Crippen MR) is 117 cm³/mol. The molecule has 2 aromatic carbocycles. The van der Waals surface area contributed by atoms with Crippen molar-refractivity contribution in [2.75, 3.05) is 17.2 Å². The van der Waals surface area contributed by atoms with E-state index in [2.05, 4.69) is 26.6 Å². The average Bonchev–Trinajstić information content (AvgIpc) is 2.66. The SMILES string of the molecule is Cc1cc(NC(=O)COC(=O)CCCC(=O)Nc2ccc(Cl)cc2)cc(C)c1Br. The van der Waals surface area contributed by atoms with Crippen molar-refractivity contribution in [3.8, 4) is 0 Å². The number of hydrogen-bond acceptors (Lipinski definition) is 4. The van der Waals surface area contributed by atoms with E-state index < -0.39 is 11.9 Å². The first-order chi connectivity index (χ1) is 13.7. The summed E-state index contributed by atoms with van der Waals surface area (Å²) in [6, 6.07) is 10.4. The number of esters is 1. The molecule has 0 fully saturated rings. The van der Waals surface area contributed by atoms with Gasteiger partial charge in [-0.05, 0) is 67.8 Å². The second kappa shape index (κ2) is 11.0. The lowest BCUT2D eigenvalue weighted by atomic mass is 10.1. The zero-order valence-corrected chi connectivity index (χ0v) is 18.5. The third kappa shape index (κ3) is 7.87. The first-order valence-corrected chi connectivity index (χ1v) is 10.2. The van der Waals surface area contributed by atoms with Crippen LogP contribution in [0.1, 0.15) is 30.4 Å². The summed E-state index contributed by atoms with van der Waals surface area (Å²) in [4.78, 5) is 35.6. The van der Waals surface area contributed by atoms with Crippen LogP contribution in [-0.2, 0) is 19.1 Å². The van der Waals surface area contributed by atoms with E-state index in [1.54, 1.807) is 24.3 Å². The molecule has 0 radical (unpaired) electrons. The maximum Gasteiger partial charge on any atom is 0.306 e. The van der Waals surface area contributed by atoms with E-state index in [9.17, 15) is 14.4 Å². The predicted octanol–water partition coefficient (Wildman–Crippen LogP) is 5.01. The maximum absolute atomic E-state index is 12.0. The highest BCUT2D eigenvalue weighted by molar-refractivity contribution is 9.10. The third-order valence-electron chi connectivity index (χ3n) is 4.00. The molecule has 0 unspecified atom stereocenters. The van der Waals surface area contributed by atoms with Gasteiger partial charge in [0.1, 0.15) is 0 Å².